The molecule has 0 aromatic heterocycles. The molecule has 256 valence electrons. The van der Waals surface area contributed by atoms with E-state index in [2.05, 4.69) is 64.6 Å². The normalized spacial score (nSPS) is 17.7. The summed E-state index contributed by atoms with van der Waals surface area (Å²) in [4.78, 5) is 14.2. The van der Waals surface area contributed by atoms with Crippen LogP contribution in [0.1, 0.15) is 77.3 Å². The fourth-order valence-corrected chi connectivity index (χ4v) is 7.10. The van der Waals surface area contributed by atoms with E-state index in [0.717, 1.165) is 70.2 Å². The number of allylic oxidation sites excluding steroid dienone is 6. The van der Waals surface area contributed by atoms with Crippen molar-refractivity contribution in [1.29, 1.82) is 0 Å². The number of nitrogens with zero attached hydrogens (tertiary/aromatic N) is 2. The Bertz CT molecular complexity index is 1690. The van der Waals surface area contributed by atoms with Gasteiger partial charge in [-0.25, -0.2) is 5.26 Å². The molecule has 0 spiro atoms. The van der Waals surface area contributed by atoms with E-state index in [9.17, 15) is 13.6 Å². The van der Waals surface area contributed by atoms with Gasteiger partial charge in [-0.3, -0.25) is 9.35 Å². The van der Waals surface area contributed by atoms with Crippen LogP contribution in [0, 0.1) is 12.3 Å². The highest BCUT2D eigenvalue weighted by Crippen LogP contribution is 2.49. The van der Waals surface area contributed by atoms with Crippen molar-refractivity contribution in [1.82, 2.24) is 0 Å². The summed E-state index contributed by atoms with van der Waals surface area (Å²) in [5, 5.41) is 21.5. The number of rotatable bonds is 17. The van der Waals surface area contributed by atoms with Crippen LogP contribution in [0.2, 0.25) is 0 Å². The van der Waals surface area contributed by atoms with Gasteiger partial charge >= 0.3 is 17.3 Å². The Hall–Kier alpha value is -3.70. The van der Waals surface area contributed by atoms with Gasteiger partial charge in [-0.15, -0.1) is 16.7 Å². The monoisotopic (exact) mass is 695 g/mol. The van der Waals surface area contributed by atoms with Crippen LogP contribution < -0.4 is 9.08 Å². The largest absolute Gasteiger partial charge is 0.481 e. The number of benzene rings is 2. The molecule has 1 atom stereocenters. The minimum absolute atomic E-state index is 0.122. The summed E-state index contributed by atoms with van der Waals surface area (Å²) in [6, 6.07) is 11.4. The number of carboxylic acid groups (broad SMARTS) is 1. The summed E-state index contributed by atoms with van der Waals surface area (Å²) >= 11 is -1.50. The second kappa shape index (κ2) is 16.6. The van der Waals surface area contributed by atoms with Gasteiger partial charge in [0.05, 0.1) is 17.5 Å². The summed E-state index contributed by atoms with van der Waals surface area (Å²) in [5.41, 5.74) is 5.54. The number of anilines is 1. The molecule has 0 radical (unpaired) electrons. The van der Waals surface area contributed by atoms with Gasteiger partial charge in [-0.1, -0.05) is 37.1 Å². The number of unbranched alkanes of at least 4 members (excludes halogenated alkanes) is 3. The molecule has 0 saturated carbocycles. The van der Waals surface area contributed by atoms with E-state index < -0.39 is 22.7 Å². The van der Waals surface area contributed by atoms with Gasteiger partial charge < -0.3 is 14.2 Å². The molecule has 0 aliphatic carbocycles. The topological polar surface area (TPSA) is 129 Å². The molecular formula is C36H43N2O8S2+. The first-order valence-electron chi connectivity index (χ1n) is 15.8. The number of hydrogen-bond acceptors (Lipinski definition) is 8. The zero-order valence-electron chi connectivity index (χ0n) is 27.7. The number of hydrogen-bond donors (Lipinski definition) is 3. The lowest BCUT2D eigenvalue weighted by atomic mass is 9.81. The Morgan fingerprint density at radius 1 is 1.04 bits per heavy atom. The second-order valence-corrected chi connectivity index (χ2v) is 14.0. The Kier molecular flexibility index (Phi) is 12.8. The molecule has 2 aromatic rings. The lowest BCUT2D eigenvalue weighted by Gasteiger charge is -2.27. The Morgan fingerprint density at radius 2 is 1.83 bits per heavy atom. The van der Waals surface area contributed by atoms with Gasteiger partial charge in [0.1, 0.15) is 12.3 Å². The van der Waals surface area contributed by atoms with Crippen molar-refractivity contribution in [2.75, 3.05) is 18.0 Å². The van der Waals surface area contributed by atoms with Crippen LogP contribution in [-0.2, 0) is 36.4 Å². The number of terminal acetylenes is 1. The van der Waals surface area contributed by atoms with E-state index in [0.29, 0.717) is 31.6 Å². The van der Waals surface area contributed by atoms with Gasteiger partial charge in [0.15, 0.2) is 5.71 Å². The van der Waals surface area contributed by atoms with E-state index in [1.54, 1.807) is 6.07 Å². The molecule has 2 heterocycles. The van der Waals surface area contributed by atoms with Crippen LogP contribution in [0.15, 0.2) is 77.4 Å². The maximum atomic E-state index is 11.3. The zero-order valence-corrected chi connectivity index (χ0v) is 29.3. The van der Waals surface area contributed by atoms with Crippen molar-refractivity contribution >= 4 is 46.5 Å². The number of aliphatic carboxylic acids is 1. The smallest absolute Gasteiger partial charge is 0.357 e. The molecule has 0 fully saturated rings. The van der Waals surface area contributed by atoms with Crippen LogP contribution in [0.25, 0.3) is 0 Å². The Morgan fingerprint density at radius 3 is 2.54 bits per heavy atom. The molecule has 0 amide bonds. The molecule has 1 unspecified atom stereocenters. The minimum Gasteiger partial charge on any atom is -0.481 e. The van der Waals surface area contributed by atoms with Gasteiger partial charge in [-0.05, 0) is 75.1 Å². The van der Waals surface area contributed by atoms with Crippen LogP contribution >= 0.6 is 12.0 Å². The highest BCUT2D eigenvalue weighted by Gasteiger charge is 2.44. The molecule has 4 rings (SSSR count). The Labute approximate surface area is 289 Å². The molecule has 2 aliphatic heterocycles. The van der Waals surface area contributed by atoms with E-state index >= 15 is 0 Å². The van der Waals surface area contributed by atoms with Crippen molar-refractivity contribution in [2.45, 2.75) is 81.9 Å². The highest BCUT2D eigenvalue weighted by molar-refractivity contribution is 7.94. The number of carbonyl (C=O) groups is 1. The fourth-order valence-electron chi connectivity index (χ4n) is 6.43. The van der Waals surface area contributed by atoms with Crippen molar-refractivity contribution in [3.63, 3.8) is 0 Å². The van der Waals surface area contributed by atoms with Crippen molar-refractivity contribution in [3.8, 4) is 18.1 Å². The number of fused-ring (bicyclic) bond motifs is 2. The maximum Gasteiger partial charge on any atom is 0.357 e. The maximum absolute atomic E-state index is 11.3. The molecular weight excluding hydrogens is 653 g/mol. The molecule has 12 heteroatoms. The van der Waals surface area contributed by atoms with E-state index in [1.165, 1.54) is 0 Å². The lowest BCUT2D eigenvalue weighted by Crippen LogP contribution is -2.28. The average molecular weight is 696 g/mol. The van der Waals surface area contributed by atoms with Crippen LogP contribution in [0.5, 0.6) is 5.75 Å². The SMILES string of the molecule is C#CCCCCN1/C(=C/C=C/C=C/C2=[N+](CCCCC(=O)O)c3ccc(SOOO)cc3C2(C)C)C(C)(C)c2cc(OS(=O)O)ccc21. The first kappa shape index (κ1) is 37.1. The molecule has 2 aliphatic rings. The molecule has 48 heavy (non-hydrogen) atoms. The summed E-state index contributed by atoms with van der Waals surface area (Å²) in [7, 11) is 0. The standard InChI is InChI=1S/C36H42N2O8S2/c1-6-7-8-13-22-37-30-20-18-26(44-48(42)43)24-28(30)35(2,3)32(37)15-10-9-11-16-33-36(4,5)29-25-27(47-46-45-41)19-21-31(29)38(33)23-14-12-17-34(39)40/h1,9-11,15-16,18-21,24-25H,7-8,12-14,17,22-23H2,2-5H3,(H2-,39,40,41,42,43)/p+1. The first-order chi connectivity index (χ1) is 22.9. The van der Waals surface area contributed by atoms with Crippen LogP contribution in [-0.4, -0.2) is 48.5 Å². The quantitative estimate of drug-likeness (QED) is 0.0220. The summed E-state index contributed by atoms with van der Waals surface area (Å²) in [6.07, 6.45) is 19.6. The average Bonchev–Trinajstić information content (AvgIpc) is 3.37. The van der Waals surface area contributed by atoms with Crippen molar-refractivity contribution in [2.24, 2.45) is 0 Å². The van der Waals surface area contributed by atoms with E-state index in [1.807, 2.05) is 48.6 Å². The molecule has 0 bridgehead atoms. The highest BCUT2D eigenvalue weighted by atomic mass is 32.2. The summed E-state index contributed by atoms with van der Waals surface area (Å²) < 4.78 is 32.6. The second-order valence-electron chi connectivity index (χ2n) is 12.6. The zero-order chi connectivity index (χ0) is 34.9. The predicted octanol–water partition coefficient (Wildman–Crippen LogP) is 7.86. The third kappa shape index (κ3) is 8.66. The summed E-state index contributed by atoms with van der Waals surface area (Å²) in [6.45, 7) is 9.99. The predicted molar refractivity (Wildman–Crippen MR) is 189 cm³/mol. The van der Waals surface area contributed by atoms with Gasteiger partial charge in [0, 0.05) is 65.2 Å². The van der Waals surface area contributed by atoms with Gasteiger partial charge in [0.25, 0.3) is 0 Å². The van der Waals surface area contributed by atoms with Crippen LogP contribution in [0.3, 0.4) is 0 Å². The molecule has 0 saturated heterocycles. The molecule has 2 aromatic carbocycles. The van der Waals surface area contributed by atoms with E-state index in [-0.39, 0.29) is 11.8 Å². The third-order valence-electron chi connectivity index (χ3n) is 8.76. The van der Waals surface area contributed by atoms with Gasteiger partial charge in [-0.2, -0.15) is 8.78 Å². The minimum atomic E-state index is -2.42. The van der Waals surface area contributed by atoms with Gasteiger partial charge in [0.2, 0.25) is 5.69 Å². The summed E-state index contributed by atoms with van der Waals surface area (Å²) in [5.74, 6) is 2.24. The van der Waals surface area contributed by atoms with Crippen molar-refractivity contribution in [3.05, 3.63) is 83.6 Å². The third-order valence-corrected chi connectivity index (χ3v) is 9.67. The first-order valence-corrected chi connectivity index (χ1v) is 17.6. The molecule has 10 nitrogen and oxygen atoms in total. The van der Waals surface area contributed by atoms with Crippen molar-refractivity contribution < 1.29 is 42.1 Å². The Balaban J connectivity index is 1.63. The lowest BCUT2D eigenvalue weighted by molar-refractivity contribution is -0.438. The van der Waals surface area contributed by atoms with Crippen LogP contribution in [0.4, 0.5) is 11.4 Å². The fraction of sp³-hybridized carbons (Fsp3) is 0.389. The number of carboxylic acids is 1. The molecule has 3 N–H and O–H groups in total. The van der Waals surface area contributed by atoms with E-state index in [4.69, 9.17) is 21.0 Å².